The number of nitrogens with two attached hydrogens (primary N) is 1. The molecule has 0 spiro atoms. The molecule has 3 aliphatic carbocycles. The zero-order valence-corrected chi connectivity index (χ0v) is 26.2. The maximum atomic E-state index is 14.4. The van der Waals surface area contributed by atoms with Crippen molar-refractivity contribution in [3.63, 3.8) is 0 Å². The molecule has 0 saturated carbocycles. The molecule has 0 bridgehead atoms. The Hall–Kier alpha value is -4.97. The summed E-state index contributed by atoms with van der Waals surface area (Å²) in [5.74, 6) is -9.18. The average molecular weight is 640 g/mol. The van der Waals surface area contributed by atoms with Gasteiger partial charge in [0.15, 0.2) is 11.4 Å². The summed E-state index contributed by atoms with van der Waals surface area (Å²) in [5, 5.41) is 58.4. The molecule has 1 amide bonds. The van der Waals surface area contributed by atoms with Crippen LogP contribution in [0, 0.1) is 11.8 Å². The predicted molar refractivity (Wildman–Crippen MR) is 173 cm³/mol. The van der Waals surface area contributed by atoms with Crippen molar-refractivity contribution >= 4 is 23.2 Å². The van der Waals surface area contributed by atoms with Gasteiger partial charge in [0, 0.05) is 24.6 Å². The Bertz CT molecular complexity index is 1800. The Morgan fingerprint density at radius 2 is 1.45 bits per heavy atom. The van der Waals surface area contributed by atoms with E-state index in [1.54, 1.807) is 19.1 Å². The van der Waals surface area contributed by atoms with Gasteiger partial charge in [-0.3, -0.25) is 19.3 Å². The van der Waals surface area contributed by atoms with Gasteiger partial charge in [0.1, 0.15) is 22.8 Å². The minimum Gasteiger partial charge on any atom is -0.510 e. The van der Waals surface area contributed by atoms with Crippen LogP contribution < -0.4 is 10.6 Å². The number of primary amides is 1. The van der Waals surface area contributed by atoms with Gasteiger partial charge in [0.05, 0.1) is 29.3 Å². The zero-order valence-electron chi connectivity index (χ0n) is 26.2. The quantitative estimate of drug-likeness (QED) is 0.210. The van der Waals surface area contributed by atoms with E-state index >= 15 is 0 Å². The first-order valence-electron chi connectivity index (χ1n) is 15.3. The number of phenols is 1. The van der Waals surface area contributed by atoms with Crippen LogP contribution in [0.15, 0.2) is 95.5 Å². The number of carbonyl (C=O) groups excluding carboxylic acids is 3. The maximum absolute atomic E-state index is 14.4. The van der Waals surface area contributed by atoms with Crippen LogP contribution >= 0.6 is 0 Å². The molecule has 6 atom stereocenters. The number of hydrogen-bond acceptors (Lipinski definition) is 10. The van der Waals surface area contributed by atoms with E-state index in [9.17, 15) is 39.9 Å². The summed E-state index contributed by atoms with van der Waals surface area (Å²) in [4.78, 5) is 43.7. The van der Waals surface area contributed by atoms with Gasteiger partial charge in [-0.15, -0.1) is 0 Å². The maximum Gasteiger partial charge on any atom is 0.255 e. The van der Waals surface area contributed by atoms with Crippen LogP contribution in [0.5, 0.6) is 5.75 Å². The lowest BCUT2D eigenvalue weighted by atomic mass is 9.55. The number of ketones is 2. The summed E-state index contributed by atoms with van der Waals surface area (Å²) in [7, 11) is 3.00. The first kappa shape index (κ1) is 32.0. The van der Waals surface area contributed by atoms with E-state index in [2.05, 4.69) is 0 Å². The molecule has 11 nitrogen and oxygen atoms in total. The lowest BCUT2D eigenvalue weighted by molar-refractivity contribution is -0.162. The molecule has 11 heteroatoms. The Kier molecular flexibility index (Phi) is 7.95. The average Bonchev–Trinajstić information content (AvgIpc) is 3.03. The van der Waals surface area contributed by atoms with E-state index in [1.807, 2.05) is 65.6 Å². The second-order valence-electron chi connectivity index (χ2n) is 12.8. The Balaban J connectivity index is 1.52. The number of benzene rings is 3. The number of Topliss-reactive ketones (excluding diaryl/α,β-unsaturated/α-hetero) is 2. The van der Waals surface area contributed by atoms with Gasteiger partial charge in [0.25, 0.3) is 5.91 Å². The normalized spacial score (nSPS) is 27.0. The van der Waals surface area contributed by atoms with E-state index in [1.165, 1.54) is 19.0 Å². The zero-order chi connectivity index (χ0) is 33.9. The van der Waals surface area contributed by atoms with E-state index < -0.39 is 75.6 Å². The number of aromatic hydroxyl groups is 1. The van der Waals surface area contributed by atoms with Gasteiger partial charge in [-0.1, -0.05) is 73.7 Å². The lowest BCUT2D eigenvalue weighted by Crippen LogP contribution is -2.68. The van der Waals surface area contributed by atoms with Crippen LogP contribution in [-0.4, -0.2) is 79.7 Å². The topological polar surface area (TPSA) is 185 Å². The van der Waals surface area contributed by atoms with E-state index in [4.69, 9.17) is 5.73 Å². The number of phenolic OH excluding ortho intramolecular Hbond substituents is 1. The minimum absolute atomic E-state index is 0.130. The molecule has 3 aromatic carbocycles. The molecule has 0 aliphatic heterocycles. The van der Waals surface area contributed by atoms with Crippen molar-refractivity contribution in [2.45, 2.75) is 43.7 Å². The summed E-state index contributed by atoms with van der Waals surface area (Å²) in [6.07, 6.45) is -1.65. The first-order valence-corrected chi connectivity index (χ1v) is 15.3. The van der Waals surface area contributed by atoms with E-state index in [-0.39, 0.29) is 11.3 Å². The third-order valence-electron chi connectivity index (χ3n) is 9.88. The second kappa shape index (κ2) is 11.7. The molecule has 7 N–H and O–H groups in total. The number of hydrogen-bond donors (Lipinski definition) is 6. The van der Waals surface area contributed by atoms with Crippen molar-refractivity contribution in [3.8, 4) is 5.75 Å². The van der Waals surface area contributed by atoms with Crippen LogP contribution in [0.4, 0.5) is 5.69 Å². The van der Waals surface area contributed by atoms with Crippen molar-refractivity contribution in [2.24, 2.45) is 17.6 Å². The smallest absolute Gasteiger partial charge is 0.255 e. The number of anilines is 1. The summed E-state index contributed by atoms with van der Waals surface area (Å²) in [6, 6.07) is 21.3. The highest BCUT2D eigenvalue weighted by molar-refractivity contribution is 6.25. The fraction of sp³-hybridized carbons (Fsp3) is 0.306. The van der Waals surface area contributed by atoms with Crippen molar-refractivity contribution in [3.05, 3.63) is 118 Å². The van der Waals surface area contributed by atoms with Crippen LogP contribution in [0.2, 0.25) is 0 Å². The number of nitrogens with zero attached hydrogens (tertiary/aromatic N) is 2. The highest BCUT2D eigenvalue weighted by atomic mass is 16.4. The lowest BCUT2D eigenvalue weighted by Gasteiger charge is -2.53. The number of likely N-dealkylation sites (N-methyl/N-ethyl adjacent to an activating group) is 1. The number of aliphatic hydroxyl groups is 4. The highest BCUT2D eigenvalue weighted by Crippen LogP contribution is 2.56. The molecular weight excluding hydrogens is 602 g/mol. The summed E-state index contributed by atoms with van der Waals surface area (Å²) in [5.41, 5.74) is 3.60. The molecule has 0 aromatic heterocycles. The number of amides is 1. The van der Waals surface area contributed by atoms with Crippen molar-refractivity contribution < 1.29 is 39.9 Å². The number of rotatable bonds is 7. The molecule has 3 aromatic rings. The fourth-order valence-corrected chi connectivity index (χ4v) is 7.70. The molecule has 0 saturated heterocycles. The van der Waals surface area contributed by atoms with Gasteiger partial charge >= 0.3 is 0 Å². The predicted octanol–water partition coefficient (Wildman–Crippen LogP) is 2.86. The fourth-order valence-electron chi connectivity index (χ4n) is 7.70. The Morgan fingerprint density at radius 3 is 1.96 bits per heavy atom. The summed E-state index contributed by atoms with van der Waals surface area (Å²) < 4.78 is 0. The number of aliphatic hydroxyl groups excluding tert-OH is 3. The Labute approximate surface area is 271 Å². The Morgan fingerprint density at radius 1 is 0.894 bits per heavy atom. The SMILES string of the molecule is C[C@@H]1c2ccc(N(Cc3ccccc3)Cc3ccccc3)c(O)c2C(=O)C2=C(O)[C@@]3(O)C(=O)C(C(N)=O)=C(O)[C@H](N(C)C)[C@H]3[C@H](O)[C@H]21. The van der Waals surface area contributed by atoms with Crippen molar-refractivity contribution in [1.82, 2.24) is 4.90 Å². The molecule has 244 valence electrons. The summed E-state index contributed by atoms with van der Waals surface area (Å²) in [6.45, 7) is 2.48. The molecule has 0 heterocycles. The van der Waals surface area contributed by atoms with Crippen molar-refractivity contribution in [1.29, 1.82) is 0 Å². The van der Waals surface area contributed by atoms with Crippen LogP contribution in [0.3, 0.4) is 0 Å². The second-order valence-corrected chi connectivity index (χ2v) is 12.8. The van der Waals surface area contributed by atoms with Gasteiger partial charge in [-0.25, -0.2) is 0 Å². The minimum atomic E-state index is -2.97. The van der Waals surface area contributed by atoms with E-state index in [0.29, 0.717) is 24.3 Å². The molecular formula is C36H37N3O8. The highest BCUT2D eigenvalue weighted by Gasteiger charge is 2.67. The molecule has 6 rings (SSSR count). The molecule has 0 fully saturated rings. The molecule has 3 aliphatic rings. The standard InChI is InChI=1S/C36H37N3O8/c1-18-21-14-15-22(39(16-19-10-6-4-7-11-19)17-20-12-8-5-9-13-20)29(40)24(21)30(41)25-23(18)31(42)27-28(38(2)3)32(43)26(35(37)46)34(45)36(27,47)33(25)44/h4-15,18,23,27-28,31,40,42-44,47H,16-17H2,1-3H3,(H2,37,46)/t18-,23+,27+,28-,31-,36-/m1/s1. The molecule has 0 unspecified atom stereocenters. The first-order chi connectivity index (χ1) is 22.3. The van der Waals surface area contributed by atoms with Gasteiger partial charge < -0.3 is 36.2 Å². The van der Waals surface area contributed by atoms with Crippen LogP contribution in [0.25, 0.3) is 0 Å². The number of fused-ring (bicyclic) bond motifs is 3. The van der Waals surface area contributed by atoms with Crippen LogP contribution in [0.1, 0.15) is 39.9 Å². The largest absolute Gasteiger partial charge is 0.510 e. The van der Waals surface area contributed by atoms with E-state index in [0.717, 1.165) is 11.1 Å². The van der Waals surface area contributed by atoms with Gasteiger partial charge in [0.2, 0.25) is 5.78 Å². The number of carbonyl (C=O) groups is 3. The summed E-state index contributed by atoms with van der Waals surface area (Å²) >= 11 is 0. The monoisotopic (exact) mass is 639 g/mol. The molecule has 0 radical (unpaired) electrons. The van der Waals surface area contributed by atoms with Crippen LogP contribution in [-0.2, 0) is 22.7 Å². The third kappa shape index (κ3) is 4.81. The van der Waals surface area contributed by atoms with Crippen molar-refractivity contribution in [2.75, 3.05) is 19.0 Å². The van der Waals surface area contributed by atoms with Gasteiger partial charge in [-0.05, 0) is 42.8 Å². The molecule has 47 heavy (non-hydrogen) atoms. The van der Waals surface area contributed by atoms with Gasteiger partial charge in [-0.2, -0.15) is 0 Å². The third-order valence-corrected chi connectivity index (χ3v) is 9.88.